The molecule has 3 aromatic heterocycles. The zero-order valence-corrected chi connectivity index (χ0v) is 16.8. The van der Waals surface area contributed by atoms with E-state index in [-0.39, 0.29) is 0 Å². The Morgan fingerprint density at radius 2 is 2.03 bits per heavy atom. The molecule has 1 aromatic carbocycles. The second-order valence-electron chi connectivity index (χ2n) is 8.13. The number of aromatic nitrogens is 2. The van der Waals surface area contributed by atoms with E-state index in [9.17, 15) is 0 Å². The van der Waals surface area contributed by atoms with Gasteiger partial charge in [-0.1, -0.05) is 11.3 Å². The van der Waals surface area contributed by atoms with Crippen molar-refractivity contribution in [3.8, 4) is 10.9 Å². The van der Waals surface area contributed by atoms with Gasteiger partial charge in [0.2, 0.25) is 0 Å². The van der Waals surface area contributed by atoms with Crippen LogP contribution in [0.3, 0.4) is 0 Å². The summed E-state index contributed by atoms with van der Waals surface area (Å²) in [5.41, 5.74) is 7.91. The number of furan rings is 1. The molecular formula is C22H22N4O2S. The van der Waals surface area contributed by atoms with Gasteiger partial charge >= 0.3 is 0 Å². The lowest BCUT2D eigenvalue weighted by Crippen LogP contribution is -2.46. The molecule has 148 valence electrons. The van der Waals surface area contributed by atoms with Crippen LogP contribution in [0.25, 0.3) is 21.2 Å². The van der Waals surface area contributed by atoms with Crippen molar-refractivity contribution in [1.82, 2.24) is 14.9 Å². The Kier molecular flexibility index (Phi) is 4.07. The number of hydrogen-bond donors (Lipinski definition) is 1. The number of nitrogens with two attached hydrogens (primary N) is 1. The predicted octanol–water partition coefficient (Wildman–Crippen LogP) is 4.68. The van der Waals surface area contributed by atoms with Gasteiger partial charge in [0.15, 0.2) is 0 Å². The number of nitrogens with zero attached hydrogens (tertiary/aromatic N) is 3. The van der Waals surface area contributed by atoms with Crippen LogP contribution in [-0.2, 0) is 6.54 Å². The zero-order chi connectivity index (χ0) is 19.4. The van der Waals surface area contributed by atoms with E-state index in [1.807, 2.05) is 24.3 Å². The van der Waals surface area contributed by atoms with Gasteiger partial charge in [-0.15, -0.1) is 0 Å². The van der Waals surface area contributed by atoms with E-state index in [0.717, 1.165) is 52.1 Å². The predicted molar refractivity (Wildman–Crippen MR) is 113 cm³/mol. The highest BCUT2D eigenvalue weighted by Crippen LogP contribution is 2.37. The number of rotatable bonds is 4. The normalized spacial score (nSPS) is 24.5. The van der Waals surface area contributed by atoms with E-state index in [0.29, 0.717) is 23.3 Å². The van der Waals surface area contributed by atoms with Gasteiger partial charge in [-0.05, 0) is 49.9 Å². The number of benzene rings is 1. The number of piperidine rings is 1. The summed E-state index contributed by atoms with van der Waals surface area (Å²) in [5, 5.41) is 1.71. The lowest BCUT2D eigenvalue weighted by atomic mass is 9.98. The summed E-state index contributed by atoms with van der Waals surface area (Å²) in [4.78, 5) is 11.2. The molecule has 0 spiro atoms. The van der Waals surface area contributed by atoms with Gasteiger partial charge in [-0.3, -0.25) is 9.88 Å². The molecule has 2 aliphatic heterocycles. The number of thiazole rings is 1. The summed E-state index contributed by atoms with van der Waals surface area (Å²) in [6.45, 7) is 0.859. The third kappa shape index (κ3) is 3.19. The Morgan fingerprint density at radius 3 is 2.86 bits per heavy atom. The Hall–Kier alpha value is -2.48. The van der Waals surface area contributed by atoms with Crippen molar-refractivity contribution in [2.45, 2.75) is 50.4 Å². The second kappa shape index (κ2) is 6.79. The van der Waals surface area contributed by atoms with Crippen LogP contribution < -0.4 is 10.5 Å². The maximum Gasteiger partial charge on any atom is 0.279 e. The fraction of sp³-hybridized carbons (Fsp3) is 0.364. The molecule has 3 atom stereocenters. The highest BCUT2D eigenvalue weighted by atomic mass is 32.1. The van der Waals surface area contributed by atoms with Crippen LogP contribution in [0.5, 0.6) is 10.9 Å². The molecule has 0 aliphatic carbocycles. The first-order valence-electron chi connectivity index (χ1n) is 10.1. The van der Waals surface area contributed by atoms with Gasteiger partial charge in [0.25, 0.3) is 5.19 Å². The van der Waals surface area contributed by atoms with E-state index < -0.39 is 0 Å². The van der Waals surface area contributed by atoms with Gasteiger partial charge in [-0.2, -0.15) is 0 Å². The minimum absolute atomic E-state index is 0.359. The van der Waals surface area contributed by atoms with Gasteiger partial charge < -0.3 is 14.9 Å². The first kappa shape index (κ1) is 17.4. The van der Waals surface area contributed by atoms with E-state index in [4.69, 9.17) is 14.9 Å². The van der Waals surface area contributed by atoms with Crippen molar-refractivity contribution >= 4 is 32.5 Å². The molecule has 2 N–H and O–H groups in total. The van der Waals surface area contributed by atoms with Gasteiger partial charge in [0, 0.05) is 35.8 Å². The van der Waals surface area contributed by atoms with Gasteiger partial charge in [0.05, 0.1) is 17.4 Å². The van der Waals surface area contributed by atoms with Crippen molar-refractivity contribution in [3.05, 3.63) is 48.5 Å². The molecule has 5 heterocycles. The molecule has 2 bridgehead atoms. The molecule has 0 saturated carbocycles. The molecule has 2 fully saturated rings. The molecule has 29 heavy (non-hydrogen) atoms. The van der Waals surface area contributed by atoms with E-state index in [1.165, 1.54) is 24.2 Å². The van der Waals surface area contributed by atoms with Gasteiger partial charge in [0.1, 0.15) is 22.6 Å². The summed E-state index contributed by atoms with van der Waals surface area (Å²) in [7, 11) is 0. The fourth-order valence-corrected chi connectivity index (χ4v) is 5.67. The Labute approximate surface area is 172 Å². The molecule has 0 amide bonds. The maximum atomic E-state index is 6.21. The van der Waals surface area contributed by atoms with E-state index in [2.05, 4.69) is 20.9 Å². The van der Waals surface area contributed by atoms with Crippen LogP contribution >= 0.6 is 11.3 Å². The van der Waals surface area contributed by atoms with E-state index in [1.54, 1.807) is 12.4 Å². The molecule has 6 rings (SSSR count). The lowest BCUT2D eigenvalue weighted by molar-refractivity contribution is 0.112. The summed E-state index contributed by atoms with van der Waals surface area (Å²) in [6, 6.07) is 11.6. The largest absolute Gasteiger partial charge is 0.460 e. The molecule has 4 aromatic rings. The summed E-state index contributed by atoms with van der Waals surface area (Å²) < 4.78 is 13.2. The highest BCUT2D eigenvalue weighted by molar-refractivity contribution is 7.20. The van der Waals surface area contributed by atoms with Crippen LogP contribution in [-0.4, -0.2) is 33.0 Å². The SMILES string of the molecule is N[C@H]1C[C@H]2CC[C@@H](C1)N2Cc1cc2ccc(Oc3nc4cnccc4s3)cc2o1. The molecule has 6 nitrogen and oxygen atoms in total. The third-order valence-corrected chi connectivity index (χ3v) is 7.09. The van der Waals surface area contributed by atoms with Crippen LogP contribution in [0, 0.1) is 0 Å². The summed E-state index contributed by atoms with van der Waals surface area (Å²) in [5.74, 6) is 1.74. The minimum Gasteiger partial charge on any atom is -0.460 e. The maximum absolute atomic E-state index is 6.21. The van der Waals surface area contributed by atoms with Crippen LogP contribution in [0.1, 0.15) is 31.4 Å². The first-order chi connectivity index (χ1) is 14.2. The standard InChI is InChI=1S/C22H22N4O2S/c23-14-8-15-2-3-16(9-14)26(15)12-18-7-13-1-4-17(10-20(13)27-18)28-22-25-19-11-24-6-5-21(19)29-22/h1,4-7,10-11,14-16H,2-3,8-9,12,23H2/t14-,15+,16-. The second-order valence-corrected chi connectivity index (χ2v) is 9.12. The molecule has 0 radical (unpaired) electrons. The van der Waals surface area contributed by atoms with Crippen molar-refractivity contribution < 1.29 is 9.15 Å². The lowest BCUT2D eigenvalue weighted by Gasteiger charge is -2.37. The number of fused-ring (bicyclic) bond motifs is 4. The monoisotopic (exact) mass is 406 g/mol. The third-order valence-electron chi connectivity index (χ3n) is 6.18. The number of hydrogen-bond acceptors (Lipinski definition) is 7. The van der Waals surface area contributed by atoms with Crippen molar-refractivity contribution in [1.29, 1.82) is 0 Å². The molecular weight excluding hydrogens is 384 g/mol. The number of ether oxygens (including phenoxy) is 1. The molecule has 2 saturated heterocycles. The minimum atomic E-state index is 0.359. The average Bonchev–Trinajstić information content (AvgIpc) is 3.36. The van der Waals surface area contributed by atoms with Crippen LogP contribution in [0.15, 0.2) is 47.1 Å². The fourth-order valence-electron chi connectivity index (χ4n) is 4.87. The Bertz CT molecular complexity index is 1140. The summed E-state index contributed by atoms with van der Waals surface area (Å²) in [6.07, 6.45) is 8.24. The zero-order valence-electron chi connectivity index (χ0n) is 16.0. The van der Waals surface area contributed by atoms with Crippen molar-refractivity contribution in [3.63, 3.8) is 0 Å². The highest BCUT2D eigenvalue weighted by Gasteiger charge is 2.39. The van der Waals surface area contributed by atoms with Gasteiger partial charge in [-0.25, -0.2) is 4.98 Å². The van der Waals surface area contributed by atoms with Crippen LogP contribution in [0.2, 0.25) is 0 Å². The topological polar surface area (TPSA) is 77.4 Å². The Morgan fingerprint density at radius 1 is 1.17 bits per heavy atom. The molecule has 2 aliphatic rings. The number of pyridine rings is 1. The molecule has 0 unspecified atom stereocenters. The quantitative estimate of drug-likeness (QED) is 0.530. The van der Waals surface area contributed by atoms with Crippen molar-refractivity contribution in [2.75, 3.05) is 0 Å². The van der Waals surface area contributed by atoms with E-state index >= 15 is 0 Å². The Balaban J connectivity index is 1.23. The average molecular weight is 407 g/mol. The first-order valence-corrected chi connectivity index (χ1v) is 10.9. The summed E-state index contributed by atoms with van der Waals surface area (Å²) >= 11 is 1.51. The smallest absolute Gasteiger partial charge is 0.279 e. The molecule has 7 heteroatoms. The van der Waals surface area contributed by atoms with Crippen molar-refractivity contribution in [2.24, 2.45) is 5.73 Å². The van der Waals surface area contributed by atoms with Crippen LogP contribution in [0.4, 0.5) is 0 Å².